The molecule has 0 aromatic carbocycles. The van der Waals surface area contributed by atoms with Gasteiger partial charge in [-0.2, -0.15) is 5.10 Å². The number of amides is 3. The molecule has 0 spiro atoms. The molecule has 1 aromatic heterocycles. The molecule has 0 atom stereocenters. The van der Waals surface area contributed by atoms with Crippen molar-refractivity contribution in [3.8, 4) is 0 Å². The van der Waals surface area contributed by atoms with Crippen LogP contribution in [0.5, 0.6) is 0 Å². The van der Waals surface area contributed by atoms with Crippen molar-refractivity contribution in [2.75, 3.05) is 13.1 Å². The van der Waals surface area contributed by atoms with Crippen LogP contribution in [0.1, 0.15) is 5.82 Å². The highest BCUT2D eigenvalue weighted by Gasteiger charge is 2.18. The summed E-state index contributed by atoms with van der Waals surface area (Å²) < 4.78 is 1.46. The van der Waals surface area contributed by atoms with E-state index in [4.69, 9.17) is 10.8 Å². The van der Waals surface area contributed by atoms with Crippen molar-refractivity contribution < 1.29 is 19.5 Å². The Balaban J connectivity index is 2.55. The SMILES string of the molecule is Cn1cnc(CNC(=O)N(CC(N)=O)CC(=O)O)n1. The summed E-state index contributed by atoms with van der Waals surface area (Å²) in [6.07, 6.45) is 1.46. The van der Waals surface area contributed by atoms with Crippen LogP contribution in [-0.4, -0.2) is 55.8 Å². The number of nitrogens with zero attached hydrogens (tertiary/aromatic N) is 4. The quantitative estimate of drug-likeness (QED) is 0.540. The molecule has 0 saturated carbocycles. The van der Waals surface area contributed by atoms with E-state index >= 15 is 0 Å². The second-order valence-electron chi connectivity index (χ2n) is 3.71. The summed E-state index contributed by atoms with van der Waals surface area (Å²) in [5.74, 6) is -1.68. The van der Waals surface area contributed by atoms with E-state index in [0.717, 1.165) is 4.90 Å². The molecule has 19 heavy (non-hydrogen) atoms. The number of carboxylic acids is 1. The molecule has 1 rings (SSSR count). The molecule has 4 N–H and O–H groups in total. The second-order valence-corrected chi connectivity index (χ2v) is 3.71. The maximum atomic E-state index is 11.7. The number of rotatable bonds is 6. The van der Waals surface area contributed by atoms with Gasteiger partial charge in [-0.1, -0.05) is 0 Å². The number of carbonyl (C=O) groups is 3. The molecule has 10 nitrogen and oxygen atoms in total. The van der Waals surface area contributed by atoms with Crippen LogP contribution in [0.25, 0.3) is 0 Å². The van der Waals surface area contributed by atoms with Crippen molar-refractivity contribution in [1.29, 1.82) is 0 Å². The summed E-state index contributed by atoms with van der Waals surface area (Å²) in [4.78, 5) is 37.7. The van der Waals surface area contributed by atoms with E-state index in [-0.39, 0.29) is 6.54 Å². The lowest BCUT2D eigenvalue weighted by Crippen LogP contribution is -2.46. The Morgan fingerprint density at radius 2 is 2.16 bits per heavy atom. The molecule has 10 heteroatoms. The molecule has 0 aliphatic heterocycles. The fourth-order valence-corrected chi connectivity index (χ4v) is 1.28. The Hall–Kier alpha value is -2.65. The molecular weight excluding hydrogens is 256 g/mol. The zero-order chi connectivity index (χ0) is 14.4. The van der Waals surface area contributed by atoms with E-state index in [0.29, 0.717) is 5.82 Å². The highest BCUT2D eigenvalue weighted by molar-refractivity contribution is 5.85. The van der Waals surface area contributed by atoms with Gasteiger partial charge in [-0.3, -0.25) is 14.3 Å². The molecule has 0 aliphatic rings. The molecule has 0 aliphatic carbocycles. The van der Waals surface area contributed by atoms with E-state index in [1.54, 1.807) is 7.05 Å². The van der Waals surface area contributed by atoms with Gasteiger partial charge in [0.05, 0.1) is 6.54 Å². The minimum absolute atomic E-state index is 0.0224. The standard InChI is InChI=1S/C9H14N6O4/c1-14-5-12-7(13-14)2-11-9(19)15(3-6(10)16)4-8(17)18/h5H,2-4H2,1H3,(H2,10,16)(H,11,19)(H,17,18). The fourth-order valence-electron chi connectivity index (χ4n) is 1.28. The Labute approximate surface area is 108 Å². The molecule has 1 aromatic rings. The van der Waals surface area contributed by atoms with Crippen LogP contribution in [0.3, 0.4) is 0 Å². The first-order chi connectivity index (χ1) is 8.88. The van der Waals surface area contributed by atoms with Gasteiger partial charge in [-0.25, -0.2) is 9.78 Å². The highest BCUT2D eigenvalue weighted by atomic mass is 16.4. The minimum Gasteiger partial charge on any atom is -0.480 e. The van der Waals surface area contributed by atoms with Gasteiger partial charge in [0.2, 0.25) is 5.91 Å². The number of primary amides is 1. The first-order valence-electron chi connectivity index (χ1n) is 5.26. The maximum Gasteiger partial charge on any atom is 0.323 e. The van der Waals surface area contributed by atoms with E-state index in [9.17, 15) is 14.4 Å². The molecule has 3 amide bonds. The number of nitrogens with one attached hydrogen (secondary N) is 1. The van der Waals surface area contributed by atoms with Crippen LogP contribution < -0.4 is 11.1 Å². The minimum atomic E-state index is -1.24. The van der Waals surface area contributed by atoms with Gasteiger partial charge in [-0.15, -0.1) is 0 Å². The van der Waals surface area contributed by atoms with E-state index in [2.05, 4.69) is 15.4 Å². The van der Waals surface area contributed by atoms with Crippen LogP contribution in [0.15, 0.2) is 6.33 Å². The Kier molecular flexibility index (Phi) is 4.80. The Morgan fingerprint density at radius 3 is 2.63 bits per heavy atom. The fraction of sp³-hybridized carbons (Fsp3) is 0.444. The number of hydrogen-bond donors (Lipinski definition) is 3. The van der Waals surface area contributed by atoms with Gasteiger partial charge in [0.25, 0.3) is 0 Å². The topological polar surface area (TPSA) is 143 Å². The summed E-state index contributed by atoms with van der Waals surface area (Å²) in [6.45, 7) is -1.08. The normalized spacial score (nSPS) is 9.95. The van der Waals surface area contributed by atoms with Crippen LogP contribution in [0, 0.1) is 0 Å². The predicted molar refractivity (Wildman–Crippen MR) is 61.6 cm³/mol. The highest BCUT2D eigenvalue weighted by Crippen LogP contribution is 1.92. The Morgan fingerprint density at radius 1 is 1.47 bits per heavy atom. The summed E-state index contributed by atoms with van der Waals surface area (Å²) in [6, 6.07) is -0.728. The molecule has 1 heterocycles. The average molecular weight is 270 g/mol. The number of urea groups is 1. The molecule has 0 saturated heterocycles. The molecule has 0 fully saturated rings. The maximum absolute atomic E-state index is 11.7. The first kappa shape index (κ1) is 14.4. The number of aryl methyl sites for hydroxylation is 1. The molecular formula is C9H14N6O4. The lowest BCUT2D eigenvalue weighted by Gasteiger charge is -2.18. The van der Waals surface area contributed by atoms with Crippen molar-refractivity contribution in [3.05, 3.63) is 12.2 Å². The van der Waals surface area contributed by atoms with Crippen molar-refractivity contribution >= 4 is 17.9 Å². The van der Waals surface area contributed by atoms with Crippen molar-refractivity contribution in [2.24, 2.45) is 12.8 Å². The third-order valence-electron chi connectivity index (χ3n) is 2.00. The van der Waals surface area contributed by atoms with Crippen LogP contribution >= 0.6 is 0 Å². The molecule has 104 valence electrons. The average Bonchev–Trinajstić information content (AvgIpc) is 2.70. The lowest BCUT2D eigenvalue weighted by molar-refractivity contribution is -0.137. The lowest BCUT2D eigenvalue weighted by atomic mass is 10.4. The van der Waals surface area contributed by atoms with E-state index in [1.165, 1.54) is 11.0 Å². The molecule has 0 bridgehead atoms. The zero-order valence-electron chi connectivity index (χ0n) is 10.2. The summed E-state index contributed by atoms with van der Waals surface area (Å²) in [5.41, 5.74) is 4.94. The number of aromatic nitrogens is 3. The number of carbonyl (C=O) groups excluding carboxylic acids is 2. The third-order valence-corrected chi connectivity index (χ3v) is 2.00. The Bertz CT molecular complexity index is 469. The zero-order valence-corrected chi connectivity index (χ0v) is 10.2. The van der Waals surface area contributed by atoms with Gasteiger partial charge >= 0.3 is 12.0 Å². The summed E-state index contributed by atoms with van der Waals surface area (Å²) >= 11 is 0. The monoisotopic (exact) mass is 270 g/mol. The van der Waals surface area contributed by atoms with Crippen molar-refractivity contribution in [1.82, 2.24) is 25.0 Å². The smallest absolute Gasteiger partial charge is 0.323 e. The molecule has 0 radical (unpaired) electrons. The summed E-state index contributed by atoms with van der Waals surface area (Å²) in [5, 5.41) is 15.0. The van der Waals surface area contributed by atoms with Gasteiger partial charge < -0.3 is 21.1 Å². The first-order valence-corrected chi connectivity index (χ1v) is 5.26. The summed E-state index contributed by atoms with van der Waals surface area (Å²) in [7, 11) is 1.67. The van der Waals surface area contributed by atoms with Crippen molar-refractivity contribution in [2.45, 2.75) is 6.54 Å². The molecule has 0 unspecified atom stereocenters. The van der Waals surface area contributed by atoms with Gasteiger partial charge in [0.15, 0.2) is 5.82 Å². The van der Waals surface area contributed by atoms with E-state index in [1.807, 2.05) is 0 Å². The second kappa shape index (κ2) is 6.33. The number of aliphatic carboxylic acids is 1. The number of carboxylic acid groups (broad SMARTS) is 1. The number of nitrogens with two attached hydrogens (primary N) is 1. The largest absolute Gasteiger partial charge is 0.480 e. The third kappa shape index (κ3) is 5.02. The van der Waals surface area contributed by atoms with Crippen LogP contribution in [-0.2, 0) is 23.2 Å². The van der Waals surface area contributed by atoms with Crippen LogP contribution in [0.4, 0.5) is 4.79 Å². The van der Waals surface area contributed by atoms with Crippen molar-refractivity contribution in [3.63, 3.8) is 0 Å². The predicted octanol–water partition coefficient (Wildman–Crippen LogP) is -2.10. The van der Waals surface area contributed by atoms with Gasteiger partial charge in [0, 0.05) is 7.05 Å². The number of hydrogen-bond acceptors (Lipinski definition) is 5. The van der Waals surface area contributed by atoms with Gasteiger partial charge in [-0.05, 0) is 0 Å². The van der Waals surface area contributed by atoms with Crippen LogP contribution in [0.2, 0.25) is 0 Å². The van der Waals surface area contributed by atoms with Gasteiger partial charge in [0.1, 0.15) is 19.4 Å². The van der Waals surface area contributed by atoms with E-state index < -0.39 is 31.0 Å².